The van der Waals surface area contributed by atoms with E-state index in [0.717, 1.165) is 19.6 Å². The van der Waals surface area contributed by atoms with Crippen molar-refractivity contribution in [3.63, 3.8) is 0 Å². The number of aliphatic imine (C=N–C) groups is 1. The zero-order valence-corrected chi connectivity index (χ0v) is 9.53. The van der Waals surface area contributed by atoms with Crippen LogP contribution in [0.4, 0.5) is 0 Å². The third-order valence-electron chi connectivity index (χ3n) is 2.92. The van der Waals surface area contributed by atoms with Crippen molar-refractivity contribution in [1.82, 2.24) is 9.80 Å². The Morgan fingerprint density at radius 1 is 1.50 bits per heavy atom. The lowest BCUT2D eigenvalue weighted by Gasteiger charge is -2.35. The molecule has 0 spiro atoms. The lowest BCUT2D eigenvalue weighted by Crippen LogP contribution is -2.47. The van der Waals surface area contributed by atoms with Crippen LogP contribution >= 0.6 is 0 Å². The Hall–Kier alpha value is -0.770. The number of likely N-dealkylation sites (tertiary alicyclic amines) is 1. The summed E-state index contributed by atoms with van der Waals surface area (Å²) >= 11 is 0. The molecule has 0 saturated carbocycles. The fourth-order valence-electron chi connectivity index (χ4n) is 1.84. The molecular formula is C10H22N4. The van der Waals surface area contributed by atoms with Gasteiger partial charge in [0, 0.05) is 19.6 Å². The first-order valence-electron chi connectivity index (χ1n) is 5.36. The second kappa shape index (κ2) is 5.20. The molecule has 1 heterocycles. The Kier molecular flexibility index (Phi) is 4.20. The number of hydrogen-bond donors (Lipinski definition) is 1. The van der Waals surface area contributed by atoms with Crippen LogP contribution in [0.25, 0.3) is 0 Å². The van der Waals surface area contributed by atoms with Crippen molar-refractivity contribution in [3.05, 3.63) is 0 Å². The predicted octanol–water partition coefficient (Wildman–Crippen LogP) is 0.347. The second-order valence-electron chi connectivity index (χ2n) is 3.98. The molecule has 0 aromatic heterocycles. The number of rotatable bonds is 2. The van der Waals surface area contributed by atoms with Gasteiger partial charge in [0.2, 0.25) is 0 Å². The van der Waals surface area contributed by atoms with Crippen molar-refractivity contribution >= 4 is 5.96 Å². The number of piperidine rings is 1. The van der Waals surface area contributed by atoms with E-state index in [1.54, 1.807) is 0 Å². The molecule has 4 nitrogen and oxygen atoms in total. The fourth-order valence-corrected chi connectivity index (χ4v) is 1.84. The molecular weight excluding hydrogens is 176 g/mol. The molecule has 1 rings (SSSR count). The lowest BCUT2D eigenvalue weighted by molar-refractivity contribution is 0.191. The molecule has 0 radical (unpaired) electrons. The normalized spacial score (nSPS) is 21.2. The Morgan fingerprint density at radius 3 is 2.57 bits per heavy atom. The molecule has 0 bridgehead atoms. The van der Waals surface area contributed by atoms with Crippen molar-refractivity contribution in [2.75, 3.05) is 33.7 Å². The van der Waals surface area contributed by atoms with Gasteiger partial charge >= 0.3 is 0 Å². The van der Waals surface area contributed by atoms with E-state index in [1.165, 1.54) is 12.8 Å². The molecule has 0 aromatic rings. The summed E-state index contributed by atoms with van der Waals surface area (Å²) in [6, 6.07) is 0.571. The van der Waals surface area contributed by atoms with Crippen LogP contribution in [0.1, 0.15) is 19.8 Å². The van der Waals surface area contributed by atoms with Gasteiger partial charge in [0.25, 0.3) is 0 Å². The summed E-state index contributed by atoms with van der Waals surface area (Å²) in [6.07, 6.45) is 2.37. The Morgan fingerprint density at radius 2 is 2.07 bits per heavy atom. The van der Waals surface area contributed by atoms with Gasteiger partial charge in [-0.05, 0) is 39.9 Å². The van der Waals surface area contributed by atoms with Gasteiger partial charge in [0.05, 0.1) is 0 Å². The third kappa shape index (κ3) is 2.87. The van der Waals surface area contributed by atoms with Crippen LogP contribution in [0, 0.1) is 0 Å². The molecule has 0 aliphatic carbocycles. The van der Waals surface area contributed by atoms with E-state index >= 15 is 0 Å². The fraction of sp³-hybridized carbons (Fsp3) is 0.900. The van der Waals surface area contributed by atoms with Crippen LogP contribution in [0.3, 0.4) is 0 Å². The minimum Gasteiger partial charge on any atom is -0.370 e. The maximum absolute atomic E-state index is 5.86. The molecule has 0 atom stereocenters. The van der Waals surface area contributed by atoms with E-state index in [-0.39, 0.29) is 0 Å². The van der Waals surface area contributed by atoms with Gasteiger partial charge in [0.1, 0.15) is 0 Å². The first-order chi connectivity index (χ1) is 6.65. The highest BCUT2D eigenvalue weighted by Crippen LogP contribution is 2.13. The lowest BCUT2D eigenvalue weighted by atomic mass is 10.0. The minimum atomic E-state index is 0.571. The summed E-state index contributed by atoms with van der Waals surface area (Å²) in [6.45, 7) is 5.10. The number of nitrogens with zero attached hydrogens (tertiary/aromatic N) is 3. The van der Waals surface area contributed by atoms with Gasteiger partial charge in [0.15, 0.2) is 5.96 Å². The van der Waals surface area contributed by atoms with Crippen molar-refractivity contribution in [2.45, 2.75) is 25.8 Å². The van der Waals surface area contributed by atoms with Crippen LogP contribution in [0.15, 0.2) is 4.99 Å². The number of nitrogens with two attached hydrogens (primary N) is 1. The molecule has 1 aliphatic heterocycles. The Labute approximate surface area is 86.8 Å². The second-order valence-corrected chi connectivity index (χ2v) is 3.98. The SMILES string of the molecule is CCN=C(N)N(C)C1CCN(C)CC1. The highest BCUT2D eigenvalue weighted by atomic mass is 15.3. The van der Waals surface area contributed by atoms with Gasteiger partial charge in [-0.2, -0.15) is 0 Å². The van der Waals surface area contributed by atoms with Crippen molar-refractivity contribution in [2.24, 2.45) is 10.7 Å². The number of hydrogen-bond acceptors (Lipinski definition) is 2. The van der Waals surface area contributed by atoms with Crippen molar-refractivity contribution in [1.29, 1.82) is 0 Å². The van der Waals surface area contributed by atoms with Gasteiger partial charge in [-0.3, -0.25) is 4.99 Å². The summed E-state index contributed by atoms with van der Waals surface area (Å²) in [4.78, 5) is 8.71. The highest BCUT2D eigenvalue weighted by molar-refractivity contribution is 5.78. The topological polar surface area (TPSA) is 44.9 Å². The molecule has 1 aliphatic rings. The number of guanidine groups is 1. The van der Waals surface area contributed by atoms with Gasteiger partial charge < -0.3 is 15.5 Å². The van der Waals surface area contributed by atoms with Crippen molar-refractivity contribution < 1.29 is 0 Å². The van der Waals surface area contributed by atoms with E-state index in [2.05, 4.69) is 21.8 Å². The summed E-state index contributed by atoms with van der Waals surface area (Å²) in [7, 11) is 4.21. The van der Waals surface area contributed by atoms with E-state index in [0.29, 0.717) is 12.0 Å². The monoisotopic (exact) mass is 198 g/mol. The average Bonchev–Trinajstić information content (AvgIpc) is 2.18. The third-order valence-corrected chi connectivity index (χ3v) is 2.92. The molecule has 1 fully saturated rings. The highest BCUT2D eigenvalue weighted by Gasteiger charge is 2.21. The molecule has 0 amide bonds. The maximum atomic E-state index is 5.86. The van der Waals surface area contributed by atoms with Crippen molar-refractivity contribution in [3.8, 4) is 0 Å². The van der Waals surface area contributed by atoms with Gasteiger partial charge in [-0.15, -0.1) is 0 Å². The van der Waals surface area contributed by atoms with Crippen LogP contribution < -0.4 is 5.73 Å². The minimum absolute atomic E-state index is 0.571. The smallest absolute Gasteiger partial charge is 0.191 e. The van der Waals surface area contributed by atoms with Gasteiger partial charge in [-0.25, -0.2) is 0 Å². The quantitative estimate of drug-likeness (QED) is 0.514. The Balaban J connectivity index is 2.45. The summed E-state index contributed by atoms with van der Waals surface area (Å²) < 4.78 is 0. The van der Waals surface area contributed by atoms with Crippen LogP contribution in [0.5, 0.6) is 0 Å². The molecule has 82 valence electrons. The zero-order chi connectivity index (χ0) is 10.6. The maximum Gasteiger partial charge on any atom is 0.191 e. The average molecular weight is 198 g/mol. The van der Waals surface area contributed by atoms with Crippen LogP contribution in [0.2, 0.25) is 0 Å². The summed E-state index contributed by atoms with van der Waals surface area (Å²) in [5.74, 6) is 0.682. The Bertz CT molecular complexity index is 194. The standard InChI is InChI=1S/C10H22N4/c1-4-12-10(11)14(3)9-5-7-13(2)8-6-9/h9H,4-8H2,1-3H3,(H2,11,12). The van der Waals surface area contributed by atoms with E-state index < -0.39 is 0 Å². The molecule has 0 unspecified atom stereocenters. The molecule has 0 aromatic carbocycles. The zero-order valence-electron chi connectivity index (χ0n) is 9.53. The predicted molar refractivity (Wildman–Crippen MR) is 60.4 cm³/mol. The first kappa shape index (κ1) is 11.3. The van der Waals surface area contributed by atoms with Crippen LogP contribution in [-0.4, -0.2) is 55.5 Å². The van der Waals surface area contributed by atoms with E-state index in [1.807, 2.05) is 14.0 Å². The van der Waals surface area contributed by atoms with E-state index in [9.17, 15) is 0 Å². The summed E-state index contributed by atoms with van der Waals surface area (Å²) in [5, 5.41) is 0. The molecule has 14 heavy (non-hydrogen) atoms. The largest absolute Gasteiger partial charge is 0.370 e. The molecule has 2 N–H and O–H groups in total. The van der Waals surface area contributed by atoms with E-state index in [4.69, 9.17) is 5.73 Å². The molecule has 1 saturated heterocycles. The molecule has 4 heteroatoms. The first-order valence-corrected chi connectivity index (χ1v) is 5.36. The van der Waals surface area contributed by atoms with Gasteiger partial charge in [-0.1, -0.05) is 0 Å². The summed E-state index contributed by atoms with van der Waals surface area (Å²) in [5.41, 5.74) is 5.86. The van der Waals surface area contributed by atoms with Crippen LogP contribution in [-0.2, 0) is 0 Å².